The Hall–Kier alpha value is -1.90. The molecule has 0 aliphatic rings. The molecule has 2 aromatic carbocycles. The average Bonchev–Trinajstić information content (AvgIpc) is 2.32. The first kappa shape index (κ1) is 10.6. The summed E-state index contributed by atoms with van der Waals surface area (Å²) in [5, 5.41) is 0. The van der Waals surface area contributed by atoms with Crippen LogP contribution in [0.15, 0.2) is 48.5 Å². The zero-order chi connectivity index (χ0) is 11.4. The Bertz CT molecular complexity index is 466. The van der Waals surface area contributed by atoms with Crippen molar-refractivity contribution in [1.82, 2.24) is 0 Å². The van der Waals surface area contributed by atoms with Gasteiger partial charge in [0.15, 0.2) is 0 Å². The van der Waals surface area contributed by atoms with Gasteiger partial charge in [0.2, 0.25) is 0 Å². The number of ether oxygens (including phenoxy) is 2. The van der Waals surface area contributed by atoms with Crippen molar-refractivity contribution in [1.29, 1.82) is 0 Å². The Morgan fingerprint density at radius 1 is 0.875 bits per heavy atom. The zero-order valence-electron chi connectivity index (χ0n) is 9.44. The van der Waals surface area contributed by atoms with Gasteiger partial charge in [-0.2, -0.15) is 0 Å². The van der Waals surface area contributed by atoms with E-state index in [0.29, 0.717) is 0 Å². The molecule has 0 bridgehead atoms. The summed E-state index contributed by atoms with van der Waals surface area (Å²) in [5.74, 6) is 2.41. The summed E-state index contributed by atoms with van der Waals surface area (Å²) in [6.07, 6.45) is 0. The average molecular weight is 212 g/mol. The highest BCUT2D eigenvalue weighted by atomic mass is 16.5. The molecule has 0 radical (unpaired) electrons. The molecule has 0 N–H and O–H groups in total. The lowest BCUT2D eigenvalue weighted by atomic mass is 9.97. The maximum absolute atomic E-state index is 5.70. The summed E-state index contributed by atoms with van der Waals surface area (Å²) >= 11 is 0. The third-order valence-corrected chi connectivity index (χ3v) is 2.30. The van der Waals surface area contributed by atoms with Gasteiger partial charge in [0.1, 0.15) is 25.1 Å². The van der Waals surface area contributed by atoms with Crippen molar-refractivity contribution in [3.8, 4) is 17.2 Å². The number of methoxy groups -OCH3 is 1. The number of hydrogen-bond acceptors (Lipinski definition) is 2. The molecule has 0 heterocycles. The number of benzene rings is 2. The Balaban J connectivity index is 2.16. The van der Waals surface area contributed by atoms with Crippen LogP contribution in [0.5, 0.6) is 17.2 Å². The minimum Gasteiger partial charge on any atom is -0.497 e. The van der Waals surface area contributed by atoms with Crippen LogP contribution in [0.2, 0.25) is 0 Å². The minimum atomic E-state index is 0.781. The first-order valence-electron chi connectivity index (χ1n) is 5.16. The van der Waals surface area contributed by atoms with Crippen molar-refractivity contribution >= 4 is 13.3 Å². The fraction of sp³-hybridized carbons (Fsp3) is 0.0769. The van der Waals surface area contributed by atoms with Gasteiger partial charge in [-0.05, 0) is 24.3 Å². The second-order valence-corrected chi connectivity index (χ2v) is 3.59. The summed E-state index contributed by atoms with van der Waals surface area (Å²) in [4.78, 5) is 0. The smallest absolute Gasteiger partial charge is 0.139 e. The highest BCUT2D eigenvalue weighted by Crippen LogP contribution is 2.24. The molecule has 0 aliphatic heterocycles. The van der Waals surface area contributed by atoms with Crippen LogP contribution >= 0.6 is 0 Å². The normalized spacial score (nSPS) is 9.81. The fourth-order valence-corrected chi connectivity index (χ4v) is 1.41. The monoisotopic (exact) mass is 212 g/mol. The van der Waals surface area contributed by atoms with Gasteiger partial charge in [-0.3, -0.25) is 0 Å². The van der Waals surface area contributed by atoms with Gasteiger partial charge in [0, 0.05) is 6.07 Å². The SMILES string of the molecule is Bc1ccc(Oc2cccc(OC)c2)cc1. The van der Waals surface area contributed by atoms with E-state index in [9.17, 15) is 0 Å². The summed E-state index contributed by atoms with van der Waals surface area (Å²) in [6, 6.07) is 15.5. The molecular weight excluding hydrogens is 199 g/mol. The van der Waals surface area contributed by atoms with E-state index in [2.05, 4.69) is 7.85 Å². The van der Waals surface area contributed by atoms with E-state index in [0.717, 1.165) is 17.2 Å². The maximum atomic E-state index is 5.70. The molecule has 0 fully saturated rings. The second kappa shape index (κ2) is 4.75. The van der Waals surface area contributed by atoms with Gasteiger partial charge in [0.25, 0.3) is 0 Å². The van der Waals surface area contributed by atoms with Crippen molar-refractivity contribution in [3.05, 3.63) is 48.5 Å². The fourth-order valence-electron chi connectivity index (χ4n) is 1.41. The Morgan fingerprint density at radius 3 is 2.25 bits per heavy atom. The molecular formula is C13H13BO2. The Labute approximate surface area is 96.2 Å². The van der Waals surface area contributed by atoms with E-state index < -0.39 is 0 Å². The third kappa shape index (κ3) is 2.57. The van der Waals surface area contributed by atoms with Gasteiger partial charge in [-0.15, -0.1) is 0 Å². The molecule has 16 heavy (non-hydrogen) atoms. The van der Waals surface area contributed by atoms with Crippen molar-refractivity contribution < 1.29 is 9.47 Å². The Kier molecular flexibility index (Phi) is 3.15. The van der Waals surface area contributed by atoms with E-state index in [1.54, 1.807) is 7.11 Å². The molecule has 0 aromatic heterocycles. The van der Waals surface area contributed by atoms with E-state index in [1.165, 1.54) is 5.46 Å². The summed E-state index contributed by atoms with van der Waals surface area (Å²) in [6.45, 7) is 0. The van der Waals surface area contributed by atoms with Gasteiger partial charge in [0.05, 0.1) is 7.11 Å². The van der Waals surface area contributed by atoms with E-state index in [4.69, 9.17) is 9.47 Å². The molecule has 0 saturated carbocycles. The standard InChI is InChI=1S/C13H13BO2/c1-15-12-3-2-4-13(9-12)16-11-7-5-10(14)6-8-11/h2-9H,14H2,1H3. The number of rotatable bonds is 3. The van der Waals surface area contributed by atoms with Crippen molar-refractivity contribution in [2.24, 2.45) is 0 Å². The Morgan fingerprint density at radius 2 is 1.56 bits per heavy atom. The van der Waals surface area contributed by atoms with Crippen LogP contribution in [-0.2, 0) is 0 Å². The van der Waals surface area contributed by atoms with Gasteiger partial charge >= 0.3 is 0 Å². The highest BCUT2D eigenvalue weighted by molar-refractivity contribution is 6.32. The predicted octanol–water partition coefficient (Wildman–Crippen LogP) is 1.75. The van der Waals surface area contributed by atoms with Gasteiger partial charge in [-0.25, -0.2) is 0 Å². The molecule has 0 saturated heterocycles. The third-order valence-electron chi connectivity index (χ3n) is 2.30. The van der Waals surface area contributed by atoms with Crippen molar-refractivity contribution in [3.63, 3.8) is 0 Å². The molecule has 0 atom stereocenters. The van der Waals surface area contributed by atoms with Crippen molar-refractivity contribution in [2.45, 2.75) is 0 Å². The van der Waals surface area contributed by atoms with E-state index in [-0.39, 0.29) is 0 Å². The molecule has 80 valence electrons. The van der Waals surface area contributed by atoms with Crippen LogP contribution in [0, 0.1) is 0 Å². The lowest BCUT2D eigenvalue weighted by molar-refractivity contribution is 0.409. The number of hydrogen-bond donors (Lipinski definition) is 0. The molecule has 0 unspecified atom stereocenters. The van der Waals surface area contributed by atoms with Crippen LogP contribution in [0.1, 0.15) is 0 Å². The second-order valence-electron chi connectivity index (χ2n) is 3.59. The summed E-state index contributed by atoms with van der Waals surface area (Å²) < 4.78 is 10.8. The van der Waals surface area contributed by atoms with Crippen molar-refractivity contribution in [2.75, 3.05) is 7.11 Å². The molecule has 3 heteroatoms. The molecule has 2 nitrogen and oxygen atoms in total. The summed E-state index contributed by atoms with van der Waals surface area (Å²) in [7, 11) is 3.69. The maximum Gasteiger partial charge on any atom is 0.139 e. The molecule has 2 rings (SSSR count). The first-order valence-corrected chi connectivity index (χ1v) is 5.16. The highest BCUT2D eigenvalue weighted by Gasteiger charge is 1.98. The largest absolute Gasteiger partial charge is 0.497 e. The first-order chi connectivity index (χ1) is 7.78. The summed E-state index contributed by atoms with van der Waals surface area (Å²) in [5.41, 5.74) is 1.22. The topological polar surface area (TPSA) is 18.5 Å². The van der Waals surface area contributed by atoms with Crippen LogP contribution in [0.25, 0.3) is 0 Å². The van der Waals surface area contributed by atoms with Crippen LogP contribution in [-0.4, -0.2) is 15.0 Å². The van der Waals surface area contributed by atoms with Crippen LogP contribution < -0.4 is 14.9 Å². The zero-order valence-corrected chi connectivity index (χ0v) is 9.44. The quantitative estimate of drug-likeness (QED) is 0.721. The van der Waals surface area contributed by atoms with Crippen LogP contribution in [0.4, 0.5) is 0 Å². The predicted molar refractivity (Wildman–Crippen MR) is 67.7 cm³/mol. The molecule has 2 aromatic rings. The molecule has 0 aliphatic carbocycles. The van der Waals surface area contributed by atoms with Gasteiger partial charge in [-0.1, -0.05) is 23.7 Å². The van der Waals surface area contributed by atoms with Crippen LogP contribution in [0.3, 0.4) is 0 Å². The van der Waals surface area contributed by atoms with Gasteiger partial charge < -0.3 is 9.47 Å². The lowest BCUT2D eigenvalue weighted by Crippen LogP contribution is -1.99. The van der Waals surface area contributed by atoms with E-state index in [1.807, 2.05) is 48.5 Å². The molecule has 0 amide bonds. The lowest BCUT2D eigenvalue weighted by Gasteiger charge is -2.07. The minimum absolute atomic E-state index is 0.781. The van der Waals surface area contributed by atoms with E-state index >= 15 is 0 Å². The molecule has 0 spiro atoms.